The number of carbonyl (C=O) groups is 2. The number of esters is 1. The number of ether oxygens (including phenoxy) is 2. The number of aliphatic hydroxyl groups excluding tert-OH is 1. The van der Waals surface area contributed by atoms with Crippen molar-refractivity contribution in [2.45, 2.75) is 64.6 Å². The molecule has 0 amide bonds. The first-order valence-corrected chi connectivity index (χ1v) is 11.1. The number of benzene rings is 1. The third-order valence-corrected chi connectivity index (χ3v) is 4.92. The fourth-order valence-electron chi connectivity index (χ4n) is 3.18. The molecule has 0 aromatic heterocycles. The number of Topliss-reactive ketones (excluding diaryl/α,β-unsaturated/α-hetero) is 1. The third-order valence-electron chi connectivity index (χ3n) is 4.69. The van der Waals surface area contributed by atoms with Crippen molar-refractivity contribution in [3.8, 4) is 5.75 Å². The molecular weight excluding hydrogens is 416 g/mol. The van der Waals surface area contributed by atoms with Gasteiger partial charge in [0.1, 0.15) is 18.5 Å². The smallest absolute Gasteiger partial charge is 0.306 e. The number of unbranched alkanes of at least 4 members (excludes halogenated alkanes) is 1. The molecule has 0 fully saturated rings. The Morgan fingerprint density at radius 3 is 2.81 bits per heavy atom. The molecule has 2 rings (SSSR count). The topological polar surface area (TPSA) is 72.8 Å². The molecule has 0 saturated carbocycles. The summed E-state index contributed by atoms with van der Waals surface area (Å²) in [7, 11) is 0. The Balaban J connectivity index is 1.79. The van der Waals surface area contributed by atoms with Gasteiger partial charge in [0.15, 0.2) is 5.78 Å². The van der Waals surface area contributed by atoms with E-state index in [1.54, 1.807) is 30.3 Å². The van der Waals surface area contributed by atoms with Crippen LogP contribution >= 0.6 is 11.6 Å². The van der Waals surface area contributed by atoms with E-state index in [4.69, 9.17) is 21.1 Å². The Kier molecular flexibility index (Phi) is 10.5. The van der Waals surface area contributed by atoms with Crippen molar-refractivity contribution in [1.29, 1.82) is 0 Å². The molecule has 0 unspecified atom stereocenters. The van der Waals surface area contributed by atoms with Crippen LogP contribution in [0.3, 0.4) is 0 Å². The Morgan fingerprint density at radius 1 is 1.26 bits per heavy atom. The maximum Gasteiger partial charge on any atom is 0.306 e. The SMILES string of the molecule is CC(C)OC(=O)CCC/C=C/CC1=C(/C=C/[C@@H](O)COc2cccc(Cl)c2)CCC1=O. The molecule has 0 spiro atoms. The maximum absolute atomic E-state index is 12.2. The van der Waals surface area contributed by atoms with E-state index in [-0.39, 0.29) is 24.5 Å². The molecule has 1 aromatic rings. The number of allylic oxidation sites excluding steroid dienone is 5. The molecule has 1 aliphatic rings. The van der Waals surface area contributed by atoms with Gasteiger partial charge >= 0.3 is 5.97 Å². The van der Waals surface area contributed by atoms with E-state index in [0.29, 0.717) is 36.5 Å². The van der Waals surface area contributed by atoms with Crippen LogP contribution < -0.4 is 4.74 Å². The lowest BCUT2D eigenvalue weighted by Crippen LogP contribution is -2.14. The lowest BCUT2D eigenvalue weighted by Gasteiger charge is -2.09. The molecule has 0 radical (unpaired) electrons. The summed E-state index contributed by atoms with van der Waals surface area (Å²) in [6.45, 7) is 3.77. The molecule has 1 N–H and O–H groups in total. The Labute approximate surface area is 189 Å². The summed E-state index contributed by atoms with van der Waals surface area (Å²) >= 11 is 5.92. The predicted molar refractivity (Wildman–Crippen MR) is 122 cm³/mol. The quantitative estimate of drug-likeness (QED) is 0.265. The molecule has 6 heteroatoms. The number of rotatable bonds is 12. The highest BCUT2D eigenvalue weighted by Gasteiger charge is 2.20. The fraction of sp³-hybridized carbons (Fsp3) is 0.440. The third kappa shape index (κ3) is 9.53. The highest BCUT2D eigenvalue weighted by Crippen LogP contribution is 2.27. The van der Waals surface area contributed by atoms with E-state index >= 15 is 0 Å². The van der Waals surface area contributed by atoms with Crippen molar-refractivity contribution >= 4 is 23.4 Å². The first-order valence-electron chi connectivity index (χ1n) is 10.7. The number of hydrogen-bond acceptors (Lipinski definition) is 5. The minimum Gasteiger partial charge on any atom is -0.491 e. The van der Waals surface area contributed by atoms with Crippen molar-refractivity contribution < 1.29 is 24.2 Å². The van der Waals surface area contributed by atoms with Crippen molar-refractivity contribution in [1.82, 2.24) is 0 Å². The van der Waals surface area contributed by atoms with Gasteiger partial charge in [-0.2, -0.15) is 0 Å². The number of aliphatic hydroxyl groups is 1. The maximum atomic E-state index is 12.2. The molecular formula is C25H31ClO5. The number of ketones is 1. The summed E-state index contributed by atoms with van der Waals surface area (Å²) in [4.78, 5) is 23.7. The fourth-order valence-corrected chi connectivity index (χ4v) is 3.36. The van der Waals surface area contributed by atoms with Gasteiger partial charge in [0.05, 0.1) is 6.10 Å². The number of halogens is 1. The Bertz CT molecular complexity index is 838. The number of carbonyl (C=O) groups excluding carboxylic acids is 2. The average Bonchev–Trinajstić information content (AvgIpc) is 3.06. The van der Waals surface area contributed by atoms with Crippen LogP contribution in [-0.2, 0) is 14.3 Å². The zero-order valence-electron chi connectivity index (χ0n) is 18.2. The minimum absolute atomic E-state index is 0.0863. The van der Waals surface area contributed by atoms with Gasteiger partial charge in [-0.15, -0.1) is 0 Å². The second kappa shape index (κ2) is 13.1. The molecule has 1 atom stereocenters. The van der Waals surface area contributed by atoms with Crippen molar-refractivity contribution in [2.75, 3.05) is 6.61 Å². The van der Waals surface area contributed by atoms with Gasteiger partial charge < -0.3 is 14.6 Å². The van der Waals surface area contributed by atoms with E-state index in [1.165, 1.54) is 0 Å². The summed E-state index contributed by atoms with van der Waals surface area (Å²) in [6, 6.07) is 7.00. The van der Waals surface area contributed by atoms with Crippen molar-refractivity contribution in [2.24, 2.45) is 0 Å². The summed E-state index contributed by atoms with van der Waals surface area (Å²) in [6.07, 6.45) is 10.2. The van der Waals surface area contributed by atoms with E-state index in [1.807, 2.05) is 32.1 Å². The summed E-state index contributed by atoms with van der Waals surface area (Å²) in [5.41, 5.74) is 1.74. The molecule has 168 valence electrons. The monoisotopic (exact) mass is 446 g/mol. The second-order valence-electron chi connectivity index (χ2n) is 7.73. The van der Waals surface area contributed by atoms with E-state index in [2.05, 4.69) is 0 Å². The zero-order chi connectivity index (χ0) is 22.6. The van der Waals surface area contributed by atoms with Crippen molar-refractivity contribution in [3.05, 3.63) is 64.7 Å². The van der Waals surface area contributed by atoms with Crippen LogP contribution in [-0.4, -0.2) is 35.7 Å². The van der Waals surface area contributed by atoms with Gasteiger partial charge in [-0.3, -0.25) is 9.59 Å². The highest BCUT2D eigenvalue weighted by molar-refractivity contribution is 6.30. The summed E-state index contributed by atoms with van der Waals surface area (Å²) in [5.74, 6) is 0.565. The highest BCUT2D eigenvalue weighted by atomic mass is 35.5. The average molecular weight is 447 g/mol. The lowest BCUT2D eigenvalue weighted by molar-refractivity contribution is -0.147. The van der Waals surface area contributed by atoms with Crippen LogP contribution in [0, 0.1) is 0 Å². The normalized spacial score (nSPS) is 15.5. The van der Waals surface area contributed by atoms with Crippen molar-refractivity contribution in [3.63, 3.8) is 0 Å². The molecule has 0 aliphatic heterocycles. The van der Waals surface area contributed by atoms with E-state index < -0.39 is 6.10 Å². The van der Waals surface area contributed by atoms with Crippen LogP contribution in [0.5, 0.6) is 5.75 Å². The molecule has 1 aromatic carbocycles. The largest absolute Gasteiger partial charge is 0.491 e. The van der Waals surface area contributed by atoms with E-state index in [9.17, 15) is 14.7 Å². The summed E-state index contributed by atoms with van der Waals surface area (Å²) < 4.78 is 10.6. The van der Waals surface area contributed by atoms with Crippen LogP contribution in [0.1, 0.15) is 52.4 Å². The molecule has 5 nitrogen and oxygen atoms in total. The molecule has 0 heterocycles. The minimum atomic E-state index is -0.787. The van der Waals surface area contributed by atoms with Gasteiger partial charge in [-0.1, -0.05) is 42.0 Å². The molecule has 1 aliphatic carbocycles. The van der Waals surface area contributed by atoms with Crippen LogP contribution in [0.25, 0.3) is 0 Å². The van der Waals surface area contributed by atoms with Crippen LogP contribution in [0.4, 0.5) is 0 Å². The first kappa shape index (κ1) is 24.9. The Morgan fingerprint density at radius 2 is 2.06 bits per heavy atom. The van der Waals surface area contributed by atoms with Gasteiger partial charge in [-0.05, 0) is 63.3 Å². The van der Waals surface area contributed by atoms with Gasteiger partial charge in [0, 0.05) is 23.4 Å². The predicted octanol–water partition coefficient (Wildman–Crippen LogP) is 5.36. The number of hydrogen-bond donors (Lipinski definition) is 1. The van der Waals surface area contributed by atoms with E-state index in [0.717, 1.165) is 24.0 Å². The van der Waals surface area contributed by atoms with Gasteiger partial charge in [0.25, 0.3) is 0 Å². The molecule has 31 heavy (non-hydrogen) atoms. The first-order chi connectivity index (χ1) is 14.8. The van der Waals surface area contributed by atoms with Crippen LogP contribution in [0.2, 0.25) is 5.02 Å². The van der Waals surface area contributed by atoms with Crippen LogP contribution in [0.15, 0.2) is 59.7 Å². The molecule has 0 bridgehead atoms. The second-order valence-corrected chi connectivity index (χ2v) is 8.16. The lowest BCUT2D eigenvalue weighted by atomic mass is 10.1. The van der Waals surface area contributed by atoms with Gasteiger partial charge in [0.2, 0.25) is 0 Å². The van der Waals surface area contributed by atoms with Gasteiger partial charge in [-0.25, -0.2) is 0 Å². The molecule has 0 saturated heterocycles. The Hall–Kier alpha value is -2.37. The zero-order valence-corrected chi connectivity index (χ0v) is 18.9. The standard InChI is InChI=1S/C25H31ClO5/c1-18(2)31-25(29)11-6-4-3-5-10-23-19(13-15-24(23)28)12-14-21(27)17-30-22-9-7-8-20(26)16-22/h3,5,7-9,12,14,16,18,21,27H,4,6,10-11,13,15,17H2,1-2H3/b5-3+,14-12+/t21-/m1/s1. The summed E-state index contributed by atoms with van der Waals surface area (Å²) in [5, 5.41) is 10.7.